The van der Waals surface area contributed by atoms with Crippen LogP contribution in [0.4, 0.5) is 0 Å². The molecule has 1 aromatic rings. The molecule has 29 heavy (non-hydrogen) atoms. The highest BCUT2D eigenvalue weighted by Crippen LogP contribution is 2.10. The van der Waals surface area contributed by atoms with E-state index >= 15 is 0 Å². The first-order chi connectivity index (χ1) is 13.7. The Morgan fingerprint density at radius 2 is 2.00 bits per heavy atom. The molecule has 1 atom stereocenters. The summed E-state index contributed by atoms with van der Waals surface area (Å²) in [6.07, 6.45) is 3.74. The van der Waals surface area contributed by atoms with Gasteiger partial charge in [0.25, 0.3) is 0 Å². The monoisotopic (exact) mass is 522 g/mol. The molecule has 0 aromatic carbocycles. The van der Waals surface area contributed by atoms with Crippen molar-refractivity contribution >= 4 is 29.9 Å². The van der Waals surface area contributed by atoms with Gasteiger partial charge in [0.2, 0.25) is 0 Å². The lowest BCUT2D eigenvalue weighted by molar-refractivity contribution is 0.0266. The topological polar surface area (TPSA) is 71.3 Å². The van der Waals surface area contributed by atoms with E-state index in [1.165, 1.54) is 0 Å². The second kappa shape index (κ2) is 15.9. The van der Waals surface area contributed by atoms with E-state index in [9.17, 15) is 0 Å². The molecule has 1 unspecified atom stereocenters. The fourth-order valence-corrected chi connectivity index (χ4v) is 3.22. The number of rotatable bonds is 12. The maximum absolute atomic E-state index is 5.83. The van der Waals surface area contributed by atoms with Gasteiger partial charge in [0.05, 0.1) is 25.6 Å². The largest absolute Gasteiger partial charge is 0.469 e. The molecule has 0 saturated carbocycles. The van der Waals surface area contributed by atoms with Crippen molar-refractivity contribution in [1.82, 2.24) is 15.5 Å². The second-order valence-electron chi connectivity index (χ2n) is 7.39. The molecular formula is C21H39IN4O3. The van der Waals surface area contributed by atoms with Crippen molar-refractivity contribution < 1.29 is 13.9 Å². The van der Waals surface area contributed by atoms with E-state index in [2.05, 4.69) is 29.4 Å². The molecule has 1 aromatic heterocycles. The third-order valence-corrected chi connectivity index (χ3v) is 4.88. The van der Waals surface area contributed by atoms with Gasteiger partial charge in [0, 0.05) is 52.3 Å². The summed E-state index contributed by atoms with van der Waals surface area (Å²) in [6, 6.07) is 3.92. The van der Waals surface area contributed by atoms with Gasteiger partial charge in [-0.1, -0.05) is 13.8 Å². The standard InChI is InChI=1S/C21H38N4O3.HI/c1-4-27-20(18(2)3)8-10-23-21(22-9-7-19-6-5-15-28-19)24-11-12-25-13-16-26-17-14-25;/h5-6,15,18,20H,4,7-14,16-17H2,1-3H3,(H2,22,23,24);1H. The predicted octanol–water partition coefficient (Wildman–Crippen LogP) is 2.76. The number of furan rings is 1. The van der Waals surface area contributed by atoms with Gasteiger partial charge in [-0.3, -0.25) is 9.89 Å². The van der Waals surface area contributed by atoms with Crippen molar-refractivity contribution in [2.45, 2.75) is 39.7 Å². The van der Waals surface area contributed by atoms with Gasteiger partial charge in [-0.15, -0.1) is 24.0 Å². The number of guanidine groups is 1. The normalized spacial score (nSPS) is 16.5. The summed E-state index contributed by atoms with van der Waals surface area (Å²) in [5.74, 6) is 2.34. The van der Waals surface area contributed by atoms with Gasteiger partial charge in [-0.25, -0.2) is 0 Å². The second-order valence-corrected chi connectivity index (χ2v) is 7.39. The number of halogens is 1. The van der Waals surface area contributed by atoms with Crippen molar-refractivity contribution in [2.24, 2.45) is 10.9 Å². The zero-order valence-corrected chi connectivity index (χ0v) is 20.5. The van der Waals surface area contributed by atoms with Gasteiger partial charge in [-0.2, -0.15) is 0 Å². The third-order valence-electron chi connectivity index (χ3n) is 4.88. The van der Waals surface area contributed by atoms with Gasteiger partial charge < -0.3 is 24.5 Å². The molecule has 8 heteroatoms. The molecule has 0 bridgehead atoms. The molecule has 0 radical (unpaired) electrons. The zero-order chi connectivity index (χ0) is 20.0. The molecule has 0 spiro atoms. The van der Waals surface area contributed by atoms with Crippen molar-refractivity contribution in [3.63, 3.8) is 0 Å². The van der Waals surface area contributed by atoms with E-state index in [0.717, 1.165) is 83.7 Å². The molecule has 1 aliphatic heterocycles. The average Bonchev–Trinajstić information content (AvgIpc) is 3.21. The first-order valence-corrected chi connectivity index (χ1v) is 10.6. The van der Waals surface area contributed by atoms with Crippen molar-refractivity contribution in [3.05, 3.63) is 24.2 Å². The Bertz CT molecular complexity index is 534. The minimum atomic E-state index is 0. The van der Waals surface area contributed by atoms with Crippen molar-refractivity contribution in [3.8, 4) is 0 Å². The van der Waals surface area contributed by atoms with Crippen LogP contribution in [-0.2, 0) is 15.9 Å². The number of hydrogen-bond donors (Lipinski definition) is 2. The van der Waals surface area contributed by atoms with Crippen LogP contribution in [0.3, 0.4) is 0 Å². The van der Waals surface area contributed by atoms with Crippen LogP contribution in [0.5, 0.6) is 0 Å². The number of nitrogens with zero attached hydrogens (tertiary/aromatic N) is 2. The summed E-state index contributed by atoms with van der Waals surface area (Å²) in [5.41, 5.74) is 0. The van der Waals surface area contributed by atoms with E-state index in [4.69, 9.17) is 18.9 Å². The van der Waals surface area contributed by atoms with E-state index in [1.54, 1.807) is 6.26 Å². The first-order valence-electron chi connectivity index (χ1n) is 10.6. The average molecular weight is 522 g/mol. The number of hydrogen-bond acceptors (Lipinski definition) is 5. The van der Waals surface area contributed by atoms with Crippen LogP contribution in [0, 0.1) is 5.92 Å². The molecule has 168 valence electrons. The molecular weight excluding hydrogens is 483 g/mol. The highest BCUT2D eigenvalue weighted by atomic mass is 127. The van der Waals surface area contributed by atoms with Gasteiger partial charge in [0.15, 0.2) is 5.96 Å². The fraction of sp³-hybridized carbons (Fsp3) is 0.762. The lowest BCUT2D eigenvalue weighted by Crippen LogP contribution is -2.45. The van der Waals surface area contributed by atoms with Crippen LogP contribution in [-0.4, -0.2) is 76.1 Å². The van der Waals surface area contributed by atoms with Gasteiger partial charge in [0.1, 0.15) is 5.76 Å². The van der Waals surface area contributed by atoms with Crippen LogP contribution in [0.25, 0.3) is 0 Å². The number of ether oxygens (including phenoxy) is 2. The lowest BCUT2D eigenvalue weighted by atomic mass is 10.0. The zero-order valence-electron chi connectivity index (χ0n) is 18.2. The Morgan fingerprint density at radius 3 is 2.66 bits per heavy atom. The van der Waals surface area contributed by atoms with Crippen molar-refractivity contribution in [1.29, 1.82) is 0 Å². The van der Waals surface area contributed by atoms with Gasteiger partial charge in [-0.05, 0) is 31.4 Å². The van der Waals surface area contributed by atoms with Crippen molar-refractivity contribution in [2.75, 3.05) is 59.1 Å². The Labute approximate surface area is 193 Å². The summed E-state index contributed by atoms with van der Waals surface area (Å²) < 4.78 is 16.7. The van der Waals surface area contributed by atoms with E-state index in [0.29, 0.717) is 5.92 Å². The summed E-state index contributed by atoms with van der Waals surface area (Å²) in [5, 5.41) is 6.89. The minimum Gasteiger partial charge on any atom is -0.469 e. The fourth-order valence-electron chi connectivity index (χ4n) is 3.22. The van der Waals surface area contributed by atoms with E-state index in [1.807, 2.05) is 19.1 Å². The molecule has 0 aliphatic carbocycles. The Morgan fingerprint density at radius 1 is 1.24 bits per heavy atom. The maximum Gasteiger partial charge on any atom is 0.191 e. The minimum absolute atomic E-state index is 0. The predicted molar refractivity (Wildman–Crippen MR) is 128 cm³/mol. The summed E-state index contributed by atoms with van der Waals surface area (Å²) in [7, 11) is 0. The Hall–Kier alpha value is -0.840. The molecule has 0 amide bonds. The Balaban J connectivity index is 0.00000420. The first kappa shape index (κ1) is 26.2. The molecule has 2 heterocycles. The van der Waals surface area contributed by atoms with Gasteiger partial charge >= 0.3 is 0 Å². The van der Waals surface area contributed by atoms with Crippen LogP contribution in [0.2, 0.25) is 0 Å². The molecule has 1 fully saturated rings. The summed E-state index contributed by atoms with van der Waals surface area (Å²) in [6.45, 7) is 14.3. The molecule has 1 saturated heterocycles. The number of nitrogens with one attached hydrogen (secondary N) is 2. The smallest absolute Gasteiger partial charge is 0.191 e. The molecule has 1 aliphatic rings. The highest BCUT2D eigenvalue weighted by molar-refractivity contribution is 14.0. The molecule has 2 rings (SSSR count). The maximum atomic E-state index is 5.83. The van der Waals surface area contributed by atoms with Crippen LogP contribution in [0.1, 0.15) is 33.0 Å². The summed E-state index contributed by atoms with van der Waals surface area (Å²) in [4.78, 5) is 7.19. The quantitative estimate of drug-likeness (QED) is 0.250. The highest BCUT2D eigenvalue weighted by Gasteiger charge is 2.13. The SMILES string of the molecule is CCOC(CCN=C(NCCc1ccco1)NCCN1CCOCC1)C(C)C.I. The summed E-state index contributed by atoms with van der Waals surface area (Å²) >= 11 is 0. The van der Waals surface area contributed by atoms with E-state index in [-0.39, 0.29) is 30.1 Å². The van der Waals surface area contributed by atoms with E-state index < -0.39 is 0 Å². The Kier molecular flexibility index (Phi) is 14.4. The van der Waals surface area contributed by atoms with Crippen LogP contribution >= 0.6 is 24.0 Å². The van der Waals surface area contributed by atoms with Crippen LogP contribution in [0.15, 0.2) is 27.8 Å². The van der Waals surface area contributed by atoms with Crippen LogP contribution < -0.4 is 10.6 Å². The number of morpholine rings is 1. The number of aliphatic imine (C=N–C) groups is 1. The lowest BCUT2D eigenvalue weighted by Gasteiger charge is -2.26. The molecule has 7 nitrogen and oxygen atoms in total. The third kappa shape index (κ3) is 11.2. The molecule has 2 N–H and O–H groups in total.